The molecule has 4 nitrogen and oxygen atoms in total. The minimum atomic E-state index is -0.321. The molecule has 0 fully saturated rings. The number of benzene rings is 3. The third-order valence-electron chi connectivity index (χ3n) is 3.32. The van der Waals surface area contributed by atoms with Gasteiger partial charge in [0.15, 0.2) is 0 Å². The Morgan fingerprint density at radius 1 is 0.655 bits per heavy atom. The van der Waals surface area contributed by atoms with E-state index in [0.717, 1.165) is 14.7 Å². The molecule has 0 aliphatic heterocycles. The highest BCUT2D eigenvalue weighted by Crippen LogP contribution is 2.13. The number of carbonyl (C=O) groups excluding carboxylic acids is 2. The fourth-order valence-corrected chi connectivity index (χ4v) is 2.47. The van der Waals surface area contributed by atoms with Crippen molar-refractivity contribution in [2.75, 3.05) is 0 Å². The molecule has 0 radical (unpaired) electrons. The highest BCUT2D eigenvalue weighted by molar-refractivity contribution is 14.1. The zero-order valence-corrected chi connectivity index (χ0v) is 18.2. The van der Waals surface area contributed by atoms with E-state index in [1.54, 1.807) is 24.3 Å². The maximum absolute atomic E-state index is 10.8. The normalized spacial score (nSPS) is 9.21. The summed E-state index contributed by atoms with van der Waals surface area (Å²) in [6.07, 6.45) is 0. The van der Waals surface area contributed by atoms with Crippen LogP contribution in [0.15, 0.2) is 78.9 Å². The second-order valence-electron chi connectivity index (χ2n) is 5.78. The standard InChI is InChI=1S/C16H12O2.C8H7IO2/c1-13(17)18-16-11-9-15(10-12-16)8-7-14-5-3-2-4-6-14;1-6(10)11-8-4-2-7(9)3-5-8/h2-6,9-12H,1H3;2-5H,1H3. The largest absolute Gasteiger partial charge is 0.427 e. The van der Waals surface area contributed by atoms with E-state index in [-0.39, 0.29) is 11.9 Å². The van der Waals surface area contributed by atoms with E-state index in [9.17, 15) is 9.59 Å². The average molecular weight is 498 g/mol. The Morgan fingerprint density at radius 3 is 1.52 bits per heavy atom. The summed E-state index contributed by atoms with van der Waals surface area (Å²) in [5.74, 6) is 6.64. The summed E-state index contributed by atoms with van der Waals surface area (Å²) in [5.41, 5.74) is 1.86. The van der Waals surface area contributed by atoms with Gasteiger partial charge in [-0.2, -0.15) is 0 Å². The molecule has 0 aliphatic carbocycles. The molecule has 0 saturated heterocycles. The van der Waals surface area contributed by atoms with Crippen LogP contribution in [0.3, 0.4) is 0 Å². The molecule has 0 amide bonds. The molecule has 0 unspecified atom stereocenters. The zero-order chi connectivity index (χ0) is 21.1. The predicted molar refractivity (Wildman–Crippen MR) is 121 cm³/mol. The quantitative estimate of drug-likeness (QED) is 0.210. The topological polar surface area (TPSA) is 52.6 Å². The molecule has 3 aromatic rings. The van der Waals surface area contributed by atoms with Crippen molar-refractivity contribution in [2.24, 2.45) is 0 Å². The van der Waals surface area contributed by atoms with Crippen molar-refractivity contribution < 1.29 is 19.1 Å². The van der Waals surface area contributed by atoms with Crippen LogP contribution in [-0.4, -0.2) is 11.9 Å². The second-order valence-corrected chi connectivity index (χ2v) is 7.03. The summed E-state index contributed by atoms with van der Waals surface area (Å²) in [6, 6.07) is 24.2. The molecule has 3 rings (SSSR count). The number of ether oxygens (including phenoxy) is 2. The van der Waals surface area contributed by atoms with Crippen molar-refractivity contribution in [3.05, 3.63) is 93.6 Å². The fourth-order valence-electron chi connectivity index (χ4n) is 2.11. The first-order valence-electron chi connectivity index (χ1n) is 8.72. The van der Waals surface area contributed by atoms with Gasteiger partial charge in [-0.1, -0.05) is 30.0 Å². The van der Waals surface area contributed by atoms with E-state index in [4.69, 9.17) is 9.47 Å². The Hall–Kier alpha value is -3.11. The first kappa shape index (κ1) is 22.2. The minimum absolute atomic E-state index is 0.286. The third kappa shape index (κ3) is 9.08. The molecule has 0 aliphatic rings. The molecular formula is C24H19IO4. The molecule has 0 N–H and O–H groups in total. The van der Waals surface area contributed by atoms with Crippen LogP contribution in [0.5, 0.6) is 11.5 Å². The Labute approximate surface area is 184 Å². The molecule has 146 valence electrons. The summed E-state index contributed by atoms with van der Waals surface area (Å²) >= 11 is 2.19. The molecular weight excluding hydrogens is 479 g/mol. The highest BCUT2D eigenvalue weighted by atomic mass is 127. The zero-order valence-electron chi connectivity index (χ0n) is 16.0. The Kier molecular flexibility index (Phi) is 8.93. The lowest BCUT2D eigenvalue weighted by Gasteiger charge is -1.99. The van der Waals surface area contributed by atoms with Crippen LogP contribution in [0.1, 0.15) is 25.0 Å². The van der Waals surface area contributed by atoms with Crippen LogP contribution in [0, 0.1) is 15.4 Å². The molecule has 5 heteroatoms. The van der Waals surface area contributed by atoms with Crippen LogP contribution >= 0.6 is 22.6 Å². The number of rotatable bonds is 2. The third-order valence-corrected chi connectivity index (χ3v) is 4.04. The van der Waals surface area contributed by atoms with Gasteiger partial charge in [-0.05, 0) is 83.3 Å². The van der Waals surface area contributed by atoms with Gasteiger partial charge in [0.05, 0.1) is 0 Å². The van der Waals surface area contributed by atoms with Gasteiger partial charge in [0.2, 0.25) is 0 Å². The first-order chi connectivity index (χ1) is 13.9. The van der Waals surface area contributed by atoms with Gasteiger partial charge >= 0.3 is 11.9 Å². The van der Waals surface area contributed by atoms with Gasteiger partial charge in [0.1, 0.15) is 11.5 Å². The summed E-state index contributed by atoms with van der Waals surface area (Å²) in [5, 5.41) is 0. The van der Waals surface area contributed by atoms with Crippen molar-refractivity contribution in [3.63, 3.8) is 0 Å². The number of esters is 2. The second kappa shape index (κ2) is 11.7. The summed E-state index contributed by atoms with van der Waals surface area (Å²) in [6.45, 7) is 2.76. The molecule has 0 saturated carbocycles. The van der Waals surface area contributed by atoms with Gasteiger partial charge in [-0.25, -0.2) is 0 Å². The van der Waals surface area contributed by atoms with E-state index < -0.39 is 0 Å². The molecule has 0 bridgehead atoms. The predicted octanol–water partition coefficient (Wildman–Crippen LogP) is 5.23. The van der Waals surface area contributed by atoms with E-state index in [2.05, 4.69) is 34.4 Å². The van der Waals surface area contributed by atoms with Crippen molar-refractivity contribution in [1.29, 1.82) is 0 Å². The summed E-state index contributed by atoms with van der Waals surface area (Å²) in [4.78, 5) is 21.2. The van der Waals surface area contributed by atoms with Crippen molar-refractivity contribution in [3.8, 4) is 23.3 Å². The fraction of sp³-hybridized carbons (Fsp3) is 0.0833. The van der Waals surface area contributed by atoms with E-state index in [1.165, 1.54) is 13.8 Å². The van der Waals surface area contributed by atoms with Crippen LogP contribution in [-0.2, 0) is 9.59 Å². The van der Waals surface area contributed by atoms with Crippen LogP contribution < -0.4 is 9.47 Å². The van der Waals surface area contributed by atoms with Crippen molar-refractivity contribution in [2.45, 2.75) is 13.8 Å². The maximum Gasteiger partial charge on any atom is 0.308 e. The SMILES string of the molecule is CC(=O)Oc1ccc(C#Cc2ccccc2)cc1.CC(=O)Oc1ccc(I)cc1. The van der Waals surface area contributed by atoms with E-state index >= 15 is 0 Å². The Balaban J connectivity index is 0.000000234. The average Bonchev–Trinajstić information content (AvgIpc) is 2.70. The molecule has 29 heavy (non-hydrogen) atoms. The molecule has 3 aromatic carbocycles. The summed E-state index contributed by atoms with van der Waals surface area (Å²) in [7, 11) is 0. The molecule has 0 aromatic heterocycles. The van der Waals surface area contributed by atoms with E-state index in [0.29, 0.717) is 11.5 Å². The van der Waals surface area contributed by atoms with Gasteiger partial charge in [-0.3, -0.25) is 9.59 Å². The number of carbonyl (C=O) groups is 2. The number of hydrogen-bond donors (Lipinski definition) is 0. The lowest BCUT2D eigenvalue weighted by Crippen LogP contribution is -2.00. The lowest BCUT2D eigenvalue weighted by molar-refractivity contribution is -0.132. The van der Waals surface area contributed by atoms with Crippen molar-refractivity contribution >= 4 is 34.5 Å². The minimum Gasteiger partial charge on any atom is -0.427 e. The van der Waals surface area contributed by atoms with Crippen LogP contribution in [0.25, 0.3) is 0 Å². The van der Waals surface area contributed by atoms with Gasteiger partial charge in [0, 0.05) is 28.5 Å². The van der Waals surface area contributed by atoms with Crippen molar-refractivity contribution in [1.82, 2.24) is 0 Å². The maximum atomic E-state index is 10.8. The first-order valence-corrected chi connectivity index (χ1v) is 9.80. The van der Waals surface area contributed by atoms with Gasteiger partial charge < -0.3 is 9.47 Å². The highest BCUT2D eigenvalue weighted by Gasteiger charge is 1.97. The van der Waals surface area contributed by atoms with Gasteiger partial charge in [0.25, 0.3) is 0 Å². The molecule has 0 heterocycles. The van der Waals surface area contributed by atoms with Gasteiger partial charge in [-0.15, -0.1) is 0 Å². The van der Waals surface area contributed by atoms with Crippen LogP contribution in [0.4, 0.5) is 0 Å². The summed E-state index contributed by atoms with van der Waals surface area (Å²) < 4.78 is 10.9. The van der Waals surface area contributed by atoms with Crippen LogP contribution in [0.2, 0.25) is 0 Å². The number of hydrogen-bond acceptors (Lipinski definition) is 4. The lowest BCUT2D eigenvalue weighted by atomic mass is 10.2. The monoisotopic (exact) mass is 498 g/mol. The van der Waals surface area contributed by atoms with E-state index in [1.807, 2.05) is 54.6 Å². The molecule has 0 atom stereocenters. The number of halogens is 1. The molecule has 0 spiro atoms. The Bertz CT molecular complexity index is 999. The Morgan fingerprint density at radius 2 is 1.07 bits per heavy atom. The smallest absolute Gasteiger partial charge is 0.308 e.